The van der Waals surface area contributed by atoms with Gasteiger partial charge in [-0.2, -0.15) is 8.78 Å². The molecule has 3 aromatic carbocycles. The Morgan fingerprint density at radius 1 is 0.933 bits per heavy atom. The van der Waals surface area contributed by atoms with Gasteiger partial charge in [0.2, 0.25) is 0 Å². The molecule has 0 amide bonds. The summed E-state index contributed by atoms with van der Waals surface area (Å²) < 4.78 is 29.1. The Labute approximate surface area is 174 Å². The molecule has 1 fully saturated rings. The van der Waals surface area contributed by atoms with Crippen LogP contribution >= 0.6 is 0 Å². The van der Waals surface area contributed by atoms with E-state index in [1.165, 1.54) is 22.3 Å². The van der Waals surface area contributed by atoms with Crippen molar-refractivity contribution in [1.82, 2.24) is 5.48 Å². The number of hydrogen-bond donors (Lipinski definition) is 1. The van der Waals surface area contributed by atoms with Crippen molar-refractivity contribution in [2.24, 2.45) is 0 Å². The van der Waals surface area contributed by atoms with E-state index in [1.54, 1.807) is 24.3 Å². The molecular weight excluding hydrogens is 384 g/mol. The van der Waals surface area contributed by atoms with E-state index >= 15 is 0 Å². The third kappa shape index (κ3) is 4.86. The van der Waals surface area contributed by atoms with Crippen molar-refractivity contribution in [3.8, 4) is 16.9 Å². The maximum Gasteiger partial charge on any atom is 0.387 e. The number of ether oxygens (including phenoxy) is 1. The van der Waals surface area contributed by atoms with Crippen molar-refractivity contribution in [2.75, 3.05) is 0 Å². The zero-order valence-electron chi connectivity index (χ0n) is 16.7. The van der Waals surface area contributed by atoms with E-state index in [0.717, 1.165) is 29.7 Å². The van der Waals surface area contributed by atoms with Gasteiger partial charge in [0.1, 0.15) is 5.75 Å². The van der Waals surface area contributed by atoms with Crippen molar-refractivity contribution in [1.29, 1.82) is 0 Å². The highest BCUT2D eigenvalue weighted by Crippen LogP contribution is 2.35. The summed E-state index contributed by atoms with van der Waals surface area (Å²) in [5.74, 6) is 0.142. The topological polar surface area (TPSA) is 30.5 Å². The van der Waals surface area contributed by atoms with E-state index in [1.807, 2.05) is 24.3 Å². The zero-order valence-corrected chi connectivity index (χ0v) is 16.7. The van der Waals surface area contributed by atoms with E-state index in [-0.39, 0.29) is 5.75 Å². The minimum absolute atomic E-state index is 0.142. The van der Waals surface area contributed by atoms with Crippen LogP contribution in [-0.4, -0.2) is 6.61 Å². The smallest absolute Gasteiger partial charge is 0.387 e. The quantitative estimate of drug-likeness (QED) is 0.433. The van der Waals surface area contributed by atoms with Gasteiger partial charge in [0.25, 0.3) is 0 Å². The van der Waals surface area contributed by atoms with Gasteiger partial charge in [-0.1, -0.05) is 48.5 Å². The van der Waals surface area contributed by atoms with E-state index in [4.69, 9.17) is 4.84 Å². The Bertz CT molecular complexity index is 1020. The molecule has 3 nitrogen and oxygen atoms in total. The number of halogens is 2. The summed E-state index contributed by atoms with van der Waals surface area (Å²) in [6, 6.07) is 23.1. The van der Waals surface area contributed by atoms with Gasteiger partial charge in [-0.3, -0.25) is 10.3 Å². The molecule has 3 aromatic rings. The predicted octanol–water partition coefficient (Wildman–Crippen LogP) is 6.49. The largest absolute Gasteiger partial charge is 0.435 e. The number of allylic oxidation sites excluding steroid dienone is 1. The molecule has 0 spiro atoms. The number of hydroxylamine groups is 1. The number of benzene rings is 3. The molecule has 0 radical (unpaired) electrons. The van der Waals surface area contributed by atoms with Gasteiger partial charge in [-0.15, -0.1) is 0 Å². The lowest BCUT2D eigenvalue weighted by molar-refractivity contribution is -0.0498. The highest BCUT2D eigenvalue weighted by atomic mass is 19.3. The fraction of sp³-hybridized carbons (Fsp3) is 0.200. The lowest BCUT2D eigenvalue weighted by Gasteiger charge is -2.15. The summed E-state index contributed by atoms with van der Waals surface area (Å²) in [6.45, 7) is -0.313. The Morgan fingerprint density at radius 2 is 1.67 bits per heavy atom. The summed E-state index contributed by atoms with van der Waals surface area (Å²) in [4.78, 5) is 5.84. The van der Waals surface area contributed by atoms with Gasteiger partial charge in [-0.25, -0.2) is 0 Å². The van der Waals surface area contributed by atoms with E-state index < -0.39 is 6.61 Å². The maximum absolute atomic E-state index is 12.4. The first-order chi connectivity index (χ1) is 14.6. The molecule has 154 valence electrons. The summed E-state index contributed by atoms with van der Waals surface area (Å²) in [5.41, 5.74) is 10.8. The highest BCUT2D eigenvalue weighted by Gasteiger charge is 2.20. The van der Waals surface area contributed by atoms with Crippen LogP contribution in [0.15, 0.2) is 78.4 Å². The van der Waals surface area contributed by atoms with Gasteiger partial charge in [-0.05, 0) is 71.9 Å². The van der Waals surface area contributed by atoms with E-state index in [0.29, 0.717) is 6.61 Å². The van der Waals surface area contributed by atoms with Crippen LogP contribution in [0.2, 0.25) is 0 Å². The van der Waals surface area contributed by atoms with Crippen molar-refractivity contribution in [3.63, 3.8) is 0 Å². The Morgan fingerprint density at radius 3 is 2.33 bits per heavy atom. The zero-order chi connectivity index (χ0) is 20.9. The van der Waals surface area contributed by atoms with Crippen LogP contribution in [0.4, 0.5) is 8.78 Å². The summed E-state index contributed by atoms with van der Waals surface area (Å²) in [6.07, 6.45) is 2.01. The molecule has 0 heterocycles. The number of rotatable bonds is 8. The van der Waals surface area contributed by atoms with Gasteiger partial charge in [0, 0.05) is 5.56 Å². The van der Waals surface area contributed by atoms with Crippen LogP contribution in [0.3, 0.4) is 0 Å². The molecule has 4 rings (SSSR count). The molecule has 0 aliphatic heterocycles. The molecule has 0 aromatic heterocycles. The molecule has 1 aliphatic rings. The third-order valence-corrected chi connectivity index (χ3v) is 5.15. The van der Waals surface area contributed by atoms with Crippen LogP contribution in [0, 0.1) is 6.92 Å². The second-order valence-electron chi connectivity index (χ2n) is 7.23. The first kappa shape index (κ1) is 20.1. The molecule has 0 unspecified atom stereocenters. The second-order valence-corrected chi connectivity index (χ2v) is 7.23. The van der Waals surface area contributed by atoms with Crippen molar-refractivity contribution in [2.45, 2.75) is 33.0 Å². The Hall–Kier alpha value is -3.18. The Balaban J connectivity index is 1.44. The summed E-state index contributed by atoms with van der Waals surface area (Å²) >= 11 is 0. The standard InChI is InChI=1S/C25H23F2NO2/c1-17-21(8-5-9-23(17)18-6-3-2-4-7-18)16-29-28-24(19-10-11-19)20-12-14-22(15-13-20)30-25(26)27/h2-9,12-15,25,28H,10-11,16H2,1H3. The van der Waals surface area contributed by atoms with Crippen molar-refractivity contribution < 1.29 is 18.4 Å². The van der Waals surface area contributed by atoms with E-state index in [9.17, 15) is 8.78 Å². The van der Waals surface area contributed by atoms with Crippen LogP contribution in [0.1, 0.15) is 29.5 Å². The summed E-state index contributed by atoms with van der Waals surface area (Å²) in [7, 11) is 0. The lowest BCUT2D eigenvalue weighted by atomic mass is 9.97. The van der Waals surface area contributed by atoms with Crippen LogP contribution in [0.25, 0.3) is 16.8 Å². The Kier molecular flexibility index (Phi) is 6.10. The molecule has 30 heavy (non-hydrogen) atoms. The lowest BCUT2D eigenvalue weighted by Crippen LogP contribution is -2.14. The van der Waals surface area contributed by atoms with Crippen molar-refractivity contribution >= 4 is 5.70 Å². The van der Waals surface area contributed by atoms with Gasteiger partial charge < -0.3 is 4.74 Å². The number of nitrogens with one attached hydrogen (secondary N) is 1. The summed E-state index contributed by atoms with van der Waals surface area (Å²) in [5, 5.41) is 0. The van der Waals surface area contributed by atoms with Crippen molar-refractivity contribution in [3.05, 3.63) is 95.1 Å². The fourth-order valence-corrected chi connectivity index (χ4v) is 3.41. The van der Waals surface area contributed by atoms with E-state index in [2.05, 4.69) is 41.4 Å². The van der Waals surface area contributed by atoms with Crippen LogP contribution < -0.4 is 10.2 Å². The molecule has 0 bridgehead atoms. The molecule has 0 saturated heterocycles. The first-order valence-corrected chi connectivity index (χ1v) is 9.91. The highest BCUT2D eigenvalue weighted by molar-refractivity contribution is 5.70. The molecular formula is C25H23F2NO2. The molecule has 0 atom stereocenters. The second kappa shape index (κ2) is 9.09. The average Bonchev–Trinajstić information content (AvgIpc) is 3.58. The molecule has 5 heteroatoms. The third-order valence-electron chi connectivity index (χ3n) is 5.15. The number of hydrogen-bond acceptors (Lipinski definition) is 3. The van der Waals surface area contributed by atoms with Gasteiger partial charge in [0.05, 0.1) is 12.3 Å². The van der Waals surface area contributed by atoms with Crippen LogP contribution in [-0.2, 0) is 11.4 Å². The maximum atomic E-state index is 12.4. The molecule has 1 saturated carbocycles. The fourth-order valence-electron chi connectivity index (χ4n) is 3.41. The van der Waals surface area contributed by atoms with Gasteiger partial charge in [0.15, 0.2) is 0 Å². The number of alkyl halides is 2. The SMILES string of the molecule is Cc1c(CONC(=C2CC2)c2ccc(OC(F)F)cc2)cccc1-c1ccccc1. The first-order valence-electron chi connectivity index (χ1n) is 9.91. The minimum atomic E-state index is -2.83. The van der Waals surface area contributed by atoms with Gasteiger partial charge >= 0.3 is 6.61 Å². The van der Waals surface area contributed by atoms with Crippen LogP contribution in [0.5, 0.6) is 5.75 Å². The molecule has 1 aliphatic carbocycles. The monoisotopic (exact) mass is 407 g/mol. The average molecular weight is 407 g/mol. The normalized spacial score (nSPS) is 12.7. The predicted molar refractivity (Wildman–Crippen MR) is 114 cm³/mol. The minimum Gasteiger partial charge on any atom is -0.435 e. The molecule has 1 N–H and O–H groups in total.